The topological polar surface area (TPSA) is 76.1 Å². The summed E-state index contributed by atoms with van der Waals surface area (Å²) in [5, 5.41) is 11.3. The molecule has 0 saturated carbocycles. The second-order valence-electron chi connectivity index (χ2n) is 8.11. The predicted octanol–water partition coefficient (Wildman–Crippen LogP) is 5.42. The molecule has 6 nitrogen and oxygen atoms in total. The van der Waals surface area contributed by atoms with Crippen molar-refractivity contribution in [1.29, 1.82) is 0 Å². The summed E-state index contributed by atoms with van der Waals surface area (Å²) in [7, 11) is 1.55. The maximum atomic E-state index is 13.3. The number of ether oxygens (including phenoxy) is 2. The van der Waals surface area contributed by atoms with E-state index < -0.39 is 17.7 Å². The van der Waals surface area contributed by atoms with Gasteiger partial charge in [-0.3, -0.25) is 14.5 Å². The van der Waals surface area contributed by atoms with Crippen molar-refractivity contribution in [2.75, 3.05) is 18.6 Å². The predicted molar refractivity (Wildman–Crippen MR) is 131 cm³/mol. The van der Waals surface area contributed by atoms with Crippen molar-refractivity contribution < 1.29 is 24.2 Å². The van der Waals surface area contributed by atoms with E-state index in [0.29, 0.717) is 34.9 Å². The Hall–Kier alpha value is -4.06. The van der Waals surface area contributed by atoms with Crippen LogP contribution in [-0.2, 0) is 9.59 Å². The summed E-state index contributed by atoms with van der Waals surface area (Å²) in [6.07, 6.45) is 0.841. The number of Topliss-reactive ketones (excluding diaryl/α,β-unsaturated/α-hetero) is 1. The van der Waals surface area contributed by atoms with Crippen molar-refractivity contribution in [1.82, 2.24) is 0 Å². The van der Waals surface area contributed by atoms with Crippen molar-refractivity contribution in [2.45, 2.75) is 26.3 Å². The lowest BCUT2D eigenvalue weighted by Crippen LogP contribution is -2.30. The first-order valence-corrected chi connectivity index (χ1v) is 11.2. The van der Waals surface area contributed by atoms with Crippen molar-refractivity contribution in [3.63, 3.8) is 0 Å². The Balaban J connectivity index is 1.92. The van der Waals surface area contributed by atoms with Gasteiger partial charge in [0.25, 0.3) is 11.7 Å². The summed E-state index contributed by atoms with van der Waals surface area (Å²) in [6, 6.07) is 20.6. The minimum atomic E-state index is -0.823. The number of carbonyl (C=O) groups is 2. The smallest absolute Gasteiger partial charge is 0.300 e. The molecular formula is C28H27NO5. The zero-order valence-electron chi connectivity index (χ0n) is 19.4. The quantitative estimate of drug-likeness (QED) is 0.291. The number of amides is 1. The van der Waals surface area contributed by atoms with Crippen LogP contribution in [0.5, 0.6) is 11.5 Å². The molecule has 0 radical (unpaired) electrons. The maximum Gasteiger partial charge on any atom is 0.300 e. The van der Waals surface area contributed by atoms with Crippen LogP contribution in [0.1, 0.15) is 36.1 Å². The maximum absolute atomic E-state index is 13.3. The number of para-hydroxylation sites is 1. The Morgan fingerprint density at radius 3 is 2.44 bits per heavy atom. The number of carbonyl (C=O) groups excluding carboxylic acids is 2. The molecule has 1 aliphatic rings. The molecule has 0 aliphatic carbocycles. The molecule has 174 valence electrons. The molecule has 3 aromatic rings. The molecule has 4 rings (SSSR count). The number of rotatable bonds is 7. The fourth-order valence-electron chi connectivity index (χ4n) is 4.15. The van der Waals surface area contributed by atoms with Gasteiger partial charge < -0.3 is 14.6 Å². The molecule has 0 bridgehead atoms. The van der Waals surface area contributed by atoms with Gasteiger partial charge in [0.2, 0.25) is 0 Å². The van der Waals surface area contributed by atoms with Crippen LogP contribution < -0.4 is 14.4 Å². The molecule has 1 atom stereocenters. The van der Waals surface area contributed by atoms with E-state index in [1.165, 1.54) is 4.90 Å². The lowest BCUT2D eigenvalue weighted by Gasteiger charge is -2.27. The first-order valence-electron chi connectivity index (χ1n) is 11.2. The molecule has 3 aromatic carbocycles. The van der Waals surface area contributed by atoms with Gasteiger partial charge in [-0.25, -0.2) is 0 Å². The van der Waals surface area contributed by atoms with Gasteiger partial charge in [0.05, 0.1) is 25.3 Å². The highest BCUT2D eigenvalue weighted by atomic mass is 16.5. The van der Waals surface area contributed by atoms with Crippen LogP contribution in [0, 0.1) is 6.92 Å². The Labute approximate surface area is 199 Å². The summed E-state index contributed by atoms with van der Waals surface area (Å²) in [4.78, 5) is 28.1. The molecule has 1 unspecified atom stereocenters. The Kier molecular flexibility index (Phi) is 6.68. The number of benzene rings is 3. The summed E-state index contributed by atoms with van der Waals surface area (Å²) in [5.74, 6) is -0.514. The molecule has 1 saturated heterocycles. The van der Waals surface area contributed by atoms with E-state index >= 15 is 0 Å². The molecule has 1 fully saturated rings. The largest absolute Gasteiger partial charge is 0.507 e. The van der Waals surface area contributed by atoms with Gasteiger partial charge in [-0.05, 0) is 54.8 Å². The monoisotopic (exact) mass is 457 g/mol. The number of aliphatic hydroxyl groups excluding tert-OH is 1. The van der Waals surface area contributed by atoms with Gasteiger partial charge in [0.15, 0.2) is 0 Å². The Morgan fingerprint density at radius 1 is 0.971 bits per heavy atom. The lowest BCUT2D eigenvalue weighted by atomic mass is 9.94. The minimum Gasteiger partial charge on any atom is -0.507 e. The molecule has 0 spiro atoms. The summed E-state index contributed by atoms with van der Waals surface area (Å²) in [5.41, 5.74) is 2.53. The molecule has 1 heterocycles. The van der Waals surface area contributed by atoms with Crippen LogP contribution in [-0.4, -0.2) is 30.5 Å². The third kappa shape index (κ3) is 4.27. The number of methoxy groups -OCH3 is 1. The van der Waals surface area contributed by atoms with Crippen LogP contribution in [0.3, 0.4) is 0 Å². The molecule has 6 heteroatoms. The summed E-state index contributed by atoms with van der Waals surface area (Å²) >= 11 is 0. The fraction of sp³-hybridized carbons (Fsp3) is 0.214. The molecular weight excluding hydrogens is 430 g/mol. The van der Waals surface area contributed by atoms with E-state index in [1.54, 1.807) is 55.6 Å². The van der Waals surface area contributed by atoms with Crippen LogP contribution in [0.15, 0.2) is 78.4 Å². The highest BCUT2D eigenvalue weighted by Crippen LogP contribution is 2.43. The van der Waals surface area contributed by atoms with Gasteiger partial charge >= 0.3 is 0 Å². The number of anilines is 1. The van der Waals surface area contributed by atoms with Crippen LogP contribution >= 0.6 is 0 Å². The van der Waals surface area contributed by atoms with Crippen molar-refractivity contribution in [2.24, 2.45) is 0 Å². The number of hydrogen-bond acceptors (Lipinski definition) is 5. The van der Waals surface area contributed by atoms with Gasteiger partial charge in [0.1, 0.15) is 17.3 Å². The standard InChI is InChI=1S/C28H27NO5/c1-4-15-34-22-13-8-11-20(17-22)26(30)24-25(19-10-7-12-21(16-19)33-3)29(28(32)27(24)31)23-14-6-5-9-18(23)2/h5-14,16-17,25,30H,4,15H2,1-3H3/b26-24-. The second-order valence-corrected chi connectivity index (χ2v) is 8.11. The Morgan fingerprint density at radius 2 is 1.71 bits per heavy atom. The van der Waals surface area contributed by atoms with Crippen LogP contribution in [0.2, 0.25) is 0 Å². The molecule has 1 N–H and O–H groups in total. The average Bonchev–Trinajstić information content (AvgIpc) is 3.13. The lowest BCUT2D eigenvalue weighted by molar-refractivity contribution is -0.132. The number of aryl methyl sites for hydroxylation is 1. The number of ketones is 1. The van der Waals surface area contributed by atoms with E-state index in [1.807, 2.05) is 38.1 Å². The molecule has 1 aliphatic heterocycles. The molecule has 0 aromatic heterocycles. The normalized spacial score (nSPS) is 17.1. The Bertz CT molecular complexity index is 1260. The minimum absolute atomic E-state index is 0.0224. The fourth-order valence-corrected chi connectivity index (χ4v) is 4.15. The van der Waals surface area contributed by atoms with Gasteiger partial charge in [-0.15, -0.1) is 0 Å². The first-order chi connectivity index (χ1) is 16.5. The van der Waals surface area contributed by atoms with Gasteiger partial charge in [-0.1, -0.05) is 49.4 Å². The third-order valence-electron chi connectivity index (χ3n) is 5.81. The highest BCUT2D eigenvalue weighted by molar-refractivity contribution is 6.51. The van der Waals surface area contributed by atoms with Gasteiger partial charge in [-0.2, -0.15) is 0 Å². The zero-order valence-corrected chi connectivity index (χ0v) is 19.4. The van der Waals surface area contributed by atoms with E-state index in [-0.39, 0.29) is 11.3 Å². The van der Waals surface area contributed by atoms with Crippen molar-refractivity contribution in [3.8, 4) is 11.5 Å². The summed E-state index contributed by atoms with van der Waals surface area (Å²) in [6.45, 7) is 4.42. The average molecular weight is 458 g/mol. The summed E-state index contributed by atoms with van der Waals surface area (Å²) < 4.78 is 11.1. The van der Waals surface area contributed by atoms with E-state index in [4.69, 9.17) is 9.47 Å². The van der Waals surface area contributed by atoms with E-state index in [0.717, 1.165) is 12.0 Å². The first kappa shape index (κ1) is 23.1. The molecule has 34 heavy (non-hydrogen) atoms. The second kappa shape index (κ2) is 9.83. The van der Waals surface area contributed by atoms with E-state index in [9.17, 15) is 14.7 Å². The number of hydrogen-bond donors (Lipinski definition) is 1. The number of aliphatic hydroxyl groups is 1. The molecule has 1 amide bonds. The third-order valence-corrected chi connectivity index (χ3v) is 5.81. The van der Waals surface area contributed by atoms with E-state index in [2.05, 4.69) is 0 Å². The zero-order chi connectivity index (χ0) is 24.2. The van der Waals surface area contributed by atoms with Crippen molar-refractivity contribution >= 4 is 23.1 Å². The van der Waals surface area contributed by atoms with Crippen LogP contribution in [0.4, 0.5) is 5.69 Å². The van der Waals surface area contributed by atoms with Crippen LogP contribution in [0.25, 0.3) is 5.76 Å². The van der Waals surface area contributed by atoms with Gasteiger partial charge in [0, 0.05) is 11.3 Å². The SMILES string of the molecule is CCCOc1cccc(/C(O)=C2/C(=O)C(=O)N(c3ccccc3C)C2c2cccc(OC)c2)c1. The number of nitrogens with zero attached hydrogens (tertiary/aromatic N) is 1. The van der Waals surface area contributed by atoms with Crippen molar-refractivity contribution in [3.05, 3.63) is 95.1 Å². The highest BCUT2D eigenvalue weighted by Gasteiger charge is 2.47.